The molecule has 5 aromatic rings. The third kappa shape index (κ3) is 4.72. The molecule has 4 aromatic carbocycles. The highest BCUT2D eigenvalue weighted by Gasteiger charge is 2.35. The van der Waals surface area contributed by atoms with Crippen molar-refractivity contribution in [1.29, 1.82) is 0 Å². The number of hydrogen-bond acceptors (Lipinski definition) is 6. The summed E-state index contributed by atoms with van der Waals surface area (Å²) in [5.41, 5.74) is 10.1. The van der Waals surface area contributed by atoms with Gasteiger partial charge in [0.15, 0.2) is 10.9 Å². The van der Waals surface area contributed by atoms with Gasteiger partial charge in [0, 0.05) is 41.9 Å². The van der Waals surface area contributed by atoms with Crippen molar-refractivity contribution >= 4 is 51.4 Å². The second kappa shape index (κ2) is 11.0. The Bertz CT molecular complexity index is 1870. The van der Waals surface area contributed by atoms with Crippen LogP contribution in [-0.2, 0) is 4.79 Å². The monoisotopic (exact) mass is 593 g/mol. The van der Waals surface area contributed by atoms with Crippen LogP contribution in [0.25, 0.3) is 17.7 Å². The fourth-order valence-corrected chi connectivity index (χ4v) is 7.90. The molecule has 5 nitrogen and oxygen atoms in total. The van der Waals surface area contributed by atoms with Crippen molar-refractivity contribution in [2.75, 3.05) is 23.3 Å². The maximum Gasteiger partial charge on any atom is 0.231 e. The average molecular weight is 594 g/mol. The van der Waals surface area contributed by atoms with Crippen LogP contribution in [0.5, 0.6) is 5.88 Å². The normalized spacial score (nSPS) is 19.5. The number of aromatic hydroxyl groups is 1. The molecule has 0 radical (unpaired) electrons. The van der Waals surface area contributed by atoms with Crippen LogP contribution >= 0.6 is 11.3 Å². The van der Waals surface area contributed by atoms with E-state index in [9.17, 15) is 9.90 Å². The van der Waals surface area contributed by atoms with Crippen molar-refractivity contribution in [1.82, 2.24) is 4.98 Å². The van der Waals surface area contributed by atoms with Crippen LogP contribution in [-0.4, -0.2) is 29.0 Å². The van der Waals surface area contributed by atoms with Crippen LogP contribution in [0.1, 0.15) is 62.9 Å². The summed E-state index contributed by atoms with van der Waals surface area (Å²) in [6.07, 6.45) is 7.31. The van der Waals surface area contributed by atoms with E-state index in [1.54, 1.807) is 12.2 Å². The molecule has 1 aromatic heterocycles. The number of ketones is 1. The Kier molecular flexibility index (Phi) is 6.64. The lowest BCUT2D eigenvalue weighted by Gasteiger charge is -2.43. The molecule has 2 atom stereocenters. The first-order valence-electron chi connectivity index (χ1n) is 15.2. The largest absolute Gasteiger partial charge is 0.492 e. The fraction of sp³-hybridized carbons (Fsp3) is 0.158. The number of carbonyl (C=O) groups is 1. The van der Waals surface area contributed by atoms with Crippen LogP contribution in [0, 0.1) is 0 Å². The first-order chi connectivity index (χ1) is 21.6. The summed E-state index contributed by atoms with van der Waals surface area (Å²) >= 11 is 1.35. The van der Waals surface area contributed by atoms with Crippen LogP contribution < -0.4 is 10.2 Å². The van der Waals surface area contributed by atoms with E-state index in [1.807, 2.05) is 30.3 Å². The predicted octanol–water partition coefficient (Wildman–Crippen LogP) is 8.61. The van der Waals surface area contributed by atoms with Gasteiger partial charge in [-0.25, -0.2) is 0 Å². The highest BCUT2D eigenvalue weighted by molar-refractivity contribution is 7.16. The van der Waals surface area contributed by atoms with Gasteiger partial charge in [0.2, 0.25) is 5.88 Å². The highest BCUT2D eigenvalue weighted by atomic mass is 32.1. The summed E-state index contributed by atoms with van der Waals surface area (Å²) in [6.45, 7) is 2.09. The Morgan fingerprint density at radius 1 is 0.818 bits per heavy atom. The second-order valence-corrected chi connectivity index (χ2v) is 12.7. The maximum absolute atomic E-state index is 12.8. The van der Waals surface area contributed by atoms with Crippen molar-refractivity contribution < 1.29 is 9.90 Å². The summed E-state index contributed by atoms with van der Waals surface area (Å²) in [5, 5.41) is 15.0. The fourth-order valence-electron chi connectivity index (χ4n) is 7.08. The number of benzene rings is 4. The topological polar surface area (TPSA) is 65.5 Å². The van der Waals surface area contributed by atoms with Gasteiger partial charge in [0.25, 0.3) is 0 Å². The smallest absolute Gasteiger partial charge is 0.231 e. The van der Waals surface area contributed by atoms with Crippen molar-refractivity contribution in [2.45, 2.75) is 24.7 Å². The molecular formula is C38H31N3O2S. The molecule has 3 heterocycles. The van der Waals surface area contributed by atoms with Crippen LogP contribution in [0.3, 0.4) is 0 Å². The Morgan fingerprint density at radius 2 is 1.43 bits per heavy atom. The first kappa shape index (κ1) is 26.7. The van der Waals surface area contributed by atoms with E-state index in [-0.39, 0.29) is 11.7 Å². The van der Waals surface area contributed by atoms with Gasteiger partial charge >= 0.3 is 0 Å². The Balaban J connectivity index is 1.20. The van der Waals surface area contributed by atoms with Crippen molar-refractivity contribution in [3.8, 4) is 5.88 Å². The number of rotatable bonds is 5. The molecule has 216 valence electrons. The van der Waals surface area contributed by atoms with E-state index < -0.39 is 0 Å². The number of allylic oxidation sites excluding steroid dienone is 2. The van der Waals surface area contributed by atoms with Gasteiger partial charge in [0.1, 0.15) is 0 Å². The average Bonchev–Trinajstić information content (AvgIpc) is 3.41. The number of aromatic nitrogens is 1. The molecule has 44 heavy (non-hydrogen) atoms. The van der Waals surface area contributed by atoms with Crippen LogP contribution in [0.2, 0.25) is 0 Å². The van der Waals surface area contributed by atoms with Gasteiger partial charge < -0.3 is 15.3 Å². The molecule has 0 saturated carbocycles. The number of carbonyl (C=O) groups excluding carboxylic acids is 1. The Hall–Kier alpha value is -4.94. The minimum atomic E-state index is -0.0837. The summed E-state index contributed by atoms with van der Waals surface area (Å²) in [6, 6.07) is 34.0. The maximum atomic E-state index is 12.8. The summed E-state index contributed by atoms with van der Waals surface area (Å²) < 4.78 is 0. The zero-order valence-electron chi connectivity index (χ0n) is 24.1. The van der Waals surface area contributed by atoms with Gasteiger partial charge in [-0.3, -0.25) is 4.79 Å². The number of anilines is 3. The SMILES string of the molecule is O=C1C=Cc2ccccc2C1=Cc1sc(Nc2cc3c4c(c2)[C@@H](c2ccccc2)CCN4CC[C@@H]3c2ccccc2)nc1O. The summed E-state index contributed by atoms with van der Waals surface area (Å²) in [7, 11) is 0. The number of nitrogens with one attached hydrogen (secondary N) is 1. The molecular weight excluding hydrogens is 563 g/mol. The molecule has 0 bridgehead atoms. The lowest BCUT2D eigenvalue weighted by molar-refractivity contribution is -0.109. The number of thiazole rings is 1. The third-order valence-corrected chi connectivity index (χ3v) is 10.0. The molecule has 0 unspecified atom stereocenters. The van der Waals surface area contributed by atoms with E-state index in [0.717, 1.165) is 42.7 Å². The predicted molar refractivity (Wildman–Crippen MR) is 180 cm³/mol. The zero-order valence-corrected chi connectivity index (χ0v) is 24.9. The molecule has 2 N–H and O–H groups in total. The quantitative estimate of drug-likeness (QED) is 0.200. The Labute approximate surface area is 260 Å². The third-order valence-electron chi connectivity index (χ3n) is 9.11. The van der Waals surface area contributed by atoms with Gasteiger partial charge in [-0.15, -0.1) is 0 Å². The van der Waals surface area contributed by atoms with Crippen molar-refractivity contribution in [2.24, 2.45) is 0 Å². The molecule has 8 rings (SSSR count). The molecule has 6 heteroatoms. The lowest BCUT2D eigenvalue weighted by atomic mass is 9.76. The lowest BCUT2D eigenvalue weighted by Crippen LogP contribution is -2.37. The summed E-state index contributed by atoms with van der Waals surface area (Å²) in [4.78, 5) is 20.4. The minimum Gasteiger partial charge on any atom is -0.492 e. The molecule has 1 aliphatic carbocycles. The molecule has 0 saturated heterocycles. The molecule has 0 spiro atoms. The Morgan fingerprint density at radius 3 is 2.09 bits per heavy atom. The summed E-state index contributed by atoms with van der Waals surface area (Å²) in [5.74, 6) is 0.434. The van der Waals surface area contributed by atoms with E-state index in [4.69, 9.17) is 0 Å². The minimum absolute atomic E-state index is 0.0803. The number of nitrogens with zero attached hydrogens (tertiary/aromatic N) is 2. The second-order valence-electron chi connectivity index (χ2n) is 11.7. The highest BCUT2D eigenvalue weighted by Crippen LogP contribution is 2.50. The zero-order chi connectivity index (χ0) is 29.6. The van der Waals surface area contributed by atoms with E-state index >= 15 is 0 Å². The van der Waals surface area contributed by atoms with Gasteiger partial charge in [-0.05, 0) is 70.5 Å². The van der Waals surface area contributed by atoms with Gasteiger partial charge in [0.05, 0.1) is 4.88 Å². The molecule has 2 aliphatic heterocycles. The van der Waals surface area contributed by atoms with Crippen molar-refractivity contribution in [3.63, 3.8) is 0 Å². The van der Waals surface area contributed by atoms with E-state index in [1.165, 1.54) is 39.3 Å². The van der Waals surface area contributed by atoms with Crippen molar-refractivity contribution in [3.05, 3.63) is 141 Å². The van der Waals surface area contributed by atoms with Crippen LogP contribution in [0.4, 0.5) is 16.5 Å². The standard InChI is InChI=1S/C38H31N3O2S/c42-34-16-15-26-13-7-8-14-28(26)31(34)23-35-37(43)40-38(44-35)39-27-21-32-29(24-9-3-1-4-10-24)17-19-41-20-18-30(33(22-27)36(32)41)25-11-5-2-6-12-25/h1-16,21-23,29-30,43H,17-20H2,(H,39,40)/t29-,30-/m1/s1. The number of fused-ring (bicyclic) bond motifs is 1. The molecule has 3 aliphatic rings. The molecule has 0 fully saturated rings. The first-order valence-corrected chi connectivity index (χ1v) is 16.0. The number of hydrogen-bond donors (Lipinski definition) is 2. The van der Waals surface area contributed by atoms with Crippen LogP contribution in [0.15, 0.2) is 103 Å². The van der Waals surface area contributed by atoms with Gasteiger partial charge in [-0.2, -0.15) is 4.98 Å². The van der Waals surface area contributed by atoms with E-state index in [0.29, 0.717) is 27.4 Å². The van der Waals surface area contributed by atoms with E-state index in [2.05, 4.69) is 88.0 Å². The molecule has 0 amide bonds. The van der Waals surface area contributed by atoms with Gasteiger partial charge in [-0.1, -0.05) is 102 Å².